The van der Waals surface area contributed by atoms with E-state index in [1.165, 1.54) is 0 Å². The van der Waals surface area contributed by atoms with Crippen LogP contribution in [0.25, 0.3) is 5.69 Å². The Bertz CT molecular complexity index is 640. The number of hydrogen-bond acceptors (Lipinski definition) is 3. The molecule has 1 aromatic heterocycles. The lowest BCUT2D eigenvalue weighted by molar-refractivity contribution is 0.146. The number of hydrogen-bond donors (Lipinski definition) is 3. The number of urea groups is 1. The quantitative estimate of drug-likeness (QED) is 0.730. The summed E-state index contributed by atoms with van der Waals surface area (Å²) >= 11 is 0. The molecule has 6 nitrogen and oxygen atoms in total. The fourth-order valence-corrected chi connectivity index (χ4v) is 2.54. The third-order valence-corrected chi connectivity index (χ3v) is 3.76. The molecule has 1 heterocycles. The van der Waals surface area contributed by atoms with Gasteiger partial charge in [-0.2, -0.15) is 0 Å². The molecule has 3 N–H and O–H groups in total. The predicted molar refractivity (Wildman–Crippen MR) is 94.0 cm³/mol. The minimum atomic E-state index is -0.518. The van der Waals surface area contributed by atoms with Crippen molar-refractivity contribution in [2.24, 2.45) is 5.92 Å². The third-order valence-electron chi connectivity index (χ3n) is 3.76. The van der Waals surface area contributed by atoms with E-state index in [1.807, 2.05) is 55.8 Å². The number of nitrogens with zero attached hydrogens (tertiary/aromatic N) is 2. The first-order valence-corrected chi connectivity index (χ1v) is 8.26. The van der Waals surface area contributed by atoms with E-state index in [-0.39, 0.29) is 18.6 Å². The Morgan fingerprint density at radius 1 is 1.33 bits per heavy atom. The average Bonchev–Trinajstić information content (AvgIpc) is 3.07. The first-order valence-electron chi connectivity index (χ1n) is 8.26. The highest BCUT2D eigenvalue weighted by molar-refractivity contribution is 5.74. The molecule has 0 aliphatic rings. The van der Waals surface area contributed by atoms with E-state index in [2.05, 4.69) is 15.6 Å². The second-order valence-electron chi connectivity index (χ2n) is 6.42. The van der Waals surface area contributed by atoms with Gasteiger partial charge in [-0.3, -0.25) is 0 Å². The number of benzene rings is 1. The van der Waals surface area contributed by atoms with Crippen LogP contribution in [0, 0.1) is 5.92 Å². The Balaban J connectivity index is 1.89. The summed E-state index contributed by atoms with van der Waals surface area (Å²) in [6.07, 6.45) is 5.49. The van der Waals surface area contributed by atoms with E-state index in [0.717, 1.165) is 11.3 Å². The Morgan fingerprint density at radius 2 is 2.12 bits per heavy atom. The molecule has 2 atom stereocenters. The van der Waals surface area contributed by atoms with E-state index in [9.17, 15) is 9.90 Å². The Kier molecular flexibility index (Phi) is 6.37. The minimum Gasteiger partial charge on any atom is -0.391 e. The SMILES string of the molecule is CC(C)CC(O)CNC(=O)NC(C)c1cccc(-n2ccnc2)c1. The molecule has 2 aromatic rings. The van der Waals surface area contributed by atoms with Crippen molar-refractivity contribution in [2.45, 2.75) is 39.3 Å². The molecule has 2 unspecified atom stereocenters. The van der Waals surface area contributed by atoms with Crippen molar-refractivity contribution < 1.29 is 9.90 Å². The number of amides is 2. The van der Waals surface area contributed by atoms with Gasteiger partial charge in [-0.05, 0) is 37.0 Å². The summed E-state index contributed by atoms with van der Waals surface area (Å²) < 4.78 is 1.92. The summed E-state index contributed by atoms with van der Waals surface area (Å²) in [5.41, 5.74) is 1.99. The van der Waals surface area contributed by atoms with Gasteiger partial charge in [0.2, 0.25) is 0 Å². The fourth-order valence-electron chi connectivity index (χ4n) is 2.54. The lowest BCUT2D eigenvalue weighted by Gasteiger charge is -2.18. The molecule has 130 valence electrons. The summed E-state index contributed by atoms with van der Waals surface area (Å²) in [7, 11) is 0. The molecule has 2 rings (SSSR count). The van der Waals surface area contributed by atoms with Crippen molar-refractivity contribution in [3.8, 4) is 5.69 Å². The number of aliphatic hydroxyl groups is 1. The highest BCUT2D eigenvalue weighted by atomic mass is 16.3. The standard InChI is InChI=1S/C18H26N4O2/c1-13(2)9-17(23)11-20-18(24)21-14(3)15-5-4-6-16(10-15)22-8-7-19-12-22/h4-8,10,12-14,17,23H,9,11H2,1-3H3,(H2,20,21,24). The number of rotatable bonds is 7. The molecular formula is C18H26N4O2. The van der Waals surface area contributed by atoms with Crippen molar-refractivity contribution in [3.05, 3.63) is 48.5 Å². The summed E-state index contributed by atoms with van der Waals surface area (Å²) in [5, 5.41) is 15.4. The molecule has 0 spiro atoms. The Morgan fingerprint density at radius 3 is 2.79 bits per heavy atom. The van der Waals surface area contributed by atoms with Crippen LogP contribution in [0.3, 0.4) is 0 Å². The first-order chi connectivity index (χ1) is 11.5. The van der Waals surface area contributed by atoms with Crippen LogP contribution in [-0.4, -0.2) is 33.3 Å². The molecule has 0 radical (unpaired) electrons. The molecule has 0 aliphatic heterocycles. The molecule has 24 heavy (non-hydrogen) atoms. The average molecular weight is 330 g/mol. The number of nitrogens with one attached hydrogen (secondary N) is 2. The van der Waals surface area contributed by atoms with Crippen molar-refractivity contribution >= 4 is 6.03 Å². The van der Waals surface area contributed by atoms with Gasteiger partial charge in [0.25, 0.3) is 0 Å². The van der Waals surface area contributed by atoms with E-state index in [4.69, 9.17) is 0 Å². The molecular weight excluding hydrogens is 304 g/mol. The summed E-state index contributed by atoms with van der Waals surface area (Å²) in [6, 6.07) is 7.50. The van der Waals surface area contributed by atoms with E-state index >= 15 is 0 Å². The lowest BCUT2D eigenvalue weighted by atomic mass is 10.1. The van der Waals surface area contributed by atoms with Crippen LogP contribution in [0.4, 0.5) is 4.79 Å². The molecule has 0 bridgehead atoms. The predicted octanol–water partition coefficient (Wildman–Crippen LogP) is 2.64. The molecule has 2 amide bonds. The van der Waals surface area contributed by atoms with Crippen molar-refractivity contribution in [1.82, 2.24) is 20.2 Å². The zero-order chi connectivity index (χ0) is 17.5. The Hall–Kier alpha value is -2.34. The highest BCUT2D eigenvalue weighted by Gasteiger charge is 2.12. The van der Waals surface area contributed by atoms with Gasteiger partial charge in [-0.1, -0.05) is 26.0 Å². The number of aliphatic hydroxyl groups excluding tert-OH is 1. The number of carbonyl (C=O) groups is 1. The normalized spacial score (nSPS) is 13.5. The van der Waals surface area contributed by atoms with Gasteiger partial charge in [0.15, 0.2) is 0 Å². The minimum absolute atomic E-state index is 0.143. The van der Waals surface area contributed by atoms with Crippen molar-refractivity contribution in [2.75, 3.05) is 6.54 Å². The lowest BCUT2D eigenvalue weighted by Crippen LogP contribution is -2.41. The second-order valence-corrected chi connectivity index (χ2v) is 6.42. The van der Waals surface area contributed by atoms with E-state index < -0.39 is 6.10 Å². The molecule has 0 saturated heterocycles. The third kappa shape index (κ3) is 5.38. The van der Waals surface area contributed by atoms with Crippen LogP contribution >= 0.6 is 0 Å². The summed E-state index contributed by atoms with van der Waals surface area (Å²) in [5.74, 6) is 0.398. The van der Waals surface area contributed by atoms with Crippen LogP contribution in [0.2, 0.25) is 0 Å². The van der Waals surface area contributed by atoms with Gasteiger partial charge in [0.05, 0.1) is 18.5 Å². The second kappa shape index (κ2) is 8.49. The zero-order valence-corrected chi connectivity index (χ0v) is 14.4. The Labute approximate surface area is 142 Å². The van der Waals surface area contributed by atoms with E-state index in [0.29, 0.717) is 12.3 Å². The van der Waals surface area contributed by atoms with Crippen LogP contribution in [0.1, 0.15) is 38.8 Å². The monoisotopic (exact) mass is 330 g/mol. The van der Waals surface area contributed by atoms with Gasteiger partial charge in [0.1, 0.15) is 0 Å². The maximum absolute atomic E-state index is 12.0. The van der Waals surface area contributed by atoms with Crippen LogP contribution in [0.15, 0.2) is 43.0 Å². The van der Waals surface area contributed by atoms with Crippen LogP contribution in [-0.2, 0) is 0 Å². The summed E-state index contributed by atoms with van der Waals surface area (Å²) in [4.78, 5) is 16.0. The first kappa shape index (κ1) is 18.0. The highest BCUT2D eigenvalue weighted by Crippen LogP contribution is 2.16. The summed E-state index contributed by atoms with van der Waals surface area (Å²) in [6.45, 7) is 6.26. The van der Waals surface area contributed by atoms with E-state index in [1.54, 1.807) is 12.5 Å². The number of imidazole rings is 1. The van der Waals surface area contributed by atoms with Gasteiger partial charge in [-0.15, -0.1) is 0 Å². The maximum Gasteiger partial charge on any atom is 0.315 e. The zero-order valence-electron chi connectivity index (χ0n) is 14.4. The number of aromatic nitrogens is 2. The van der Waals surface area contributed by atoms with Crippen molar-refractivity contribution in [1.29, 1.82) is 0 Å². The van der Waals surface area contributed by atoms with Gasteiger partial charge < -0.3 is 20.3 Å². The maximum atomic E-state index is 12.0. The van der Waals surface area contributed by atoms with Crippen molar-refractivity contribution in [3.63, 3.8) is 0 Å². The smallest absolute Gasteiger partial charge is 0.315 e. The molecule has 0 saturated carbocycles. The molecule has 6 heteroatoms. The molecule has 1 aromatic carbocycles. The van der Waals surface area contributed by atoms with Gasteiger partial charge in [0, 0.05) is 24.6 Å². The van der Waals surface area contributed by atoms with Crippen LogP contribution in [0.5, 0.6) is 0 Å². The van der Waals surface area contributed by atoms with Gasteiger partial charge in [-0.25, -0.2) is 9.78 Å². The van der Waals surface area contributed by atoms with Crippen LogP contribution < -0.4 is 10.6 Å². The molecule has 0 aliphatic carbocycles. The topological polar surface area (TPSA) is 79.2 Å². The largest absolute Gasteiger partial charge is 0.391 e. The molecule has 0 fully saturated rings. The number of carbonyl (C=O) groups excluding carboxylic acids is 1. The van der Waals surface area contributed by atoms with Gasteiger partial charge >= 0.3 is 6.03 Å². The fraction of sp³-hybridized carbons (Fsp3) is 0.444.